The van der Waals surface area contributed by atoms with E-state index in [2.05, 4.69) is 4.74 Å². The Kier molecular flexibility index (Phi) is 2.11. The van der Waals surface area contributed by atoms with Crippen molar-refractivity contribution in [1.29, 1.82) is 0 Å². The van der Waals surface area contributed by atoms with Gasteiger partial charge >= 0.3 is 6.36 Å². The quantitative estimate of drug-likeness (QED) is 0.744. The number of imide groups is 1. The normalized spacial score (nSPS) is 14.7. The van der Waals surface area contributed by atoms with Gasteiger partial charge in [0.2, 0.25) is 0 Å². The number of carbonyl (C=O) groups is 2. The number of halogens is 3. The lowest BCUT2D eigenvalue weighted by atomic mass is 10.1. The van der Waals surface area contributed by atoms with Crippen molar-refractivity contribution in [2.24, 2.45) is 0 Å². The molecule has 1 aromatic carbocycles. The summed E-state index contributed by atoms with van der Waals surface area (Å²) in [5.41, 5.74) is -0.0775. The molecule has 0 bridgehead atoms. The number of ether oxygens (including phenoxy) is 1. The summed E-state index contributed by atoms with van der Waals surface area (Å²) in [7, 11) is 0. The number of carbonyl (C=O) groups excluding carboxylic acids is 2. The molecule has 84 valence electrons. The summed E-state index contributed by atoms with van der Waals surface area (Å²) in [6.45, 7) is 0. The Morgan fingerprint density at radius 3 is 2.31 bits per heavy atom. The molecule has 0 spiro atoms. The number of rotatable bonds is 1. The zero-order chi connectivity index (χ0) is 11.9. The first-order chi connectivity index (χ1) is 7.37. The Balaban J connectivity index is 2.37. The van der Waals surface area contributed by atoms with Crippen LogP contribution in [0.25, 0.3) is 0 Å². The standard InChI is InChI=1S/C9H4F3NO3/c10-9(11,12)16-4-1-2-5-6(3-4)8(15)13-7(5)14/h1-3H,(H,13,14,15). The number of alkyl halides is 3. The molecule has 0 aromatic heterocycles. The highest BCUT2D eigenvalue weighted by Gasteiger charge is 2.33. The van der Waals surface area contributed by atoms with Gasteiger partial charge in [-0.15, -0.1) is 13.2 Å². The van der Waals surface area contributed by atoms with Crippen LogP contribution in [0.5, 0.6) is 5.75 Å². The number of hydrogen-bond acceptors (Lipinski definition) is 3. The zero-order valence-electron chi connectivity index (χ0n) is 7.59. The molecule has 1 aliphatic heterocycles. The molecule has 1 aliphatic rings. The number of fused-ring (bicyclic) bond motifs is 1. The average Bonchev–Trinajstić information content (AvgIpc) is 2.40. The highest BCUT2D eigenvalue weighted by molar-refractivity contribution is 6.21. The Labute approximate surface area is 87.0 Å². The number of hydrogen-bond donors (Lipinski definition) is 1. The maximum Gasteiger partial charge on any atom is 0.573 e. The third-order valence-electron chi connectivity index (χ3n) is 1.94. The van der Waals surface area contributed by atoms with Gasteiger partial charge in [-0.1, -0.05) is 0 Å². The van der Waals surface area contributed by atoms with E-state index in [1.807, 2.05) is 5.32 Å². The van der Waals surface area contributed by atoms with Crippen molar-refractivity contribution in [1.82, 2.24) is 5.32 Å². The van der Waals surface area contributed by atoms with E-state index in [1.54, 1.807) is 0 Å². The van der Waals surface area contributed by atoms with Crippen LogP contribution in [0.1, 0.15) is 20.7 Å². The molecular formula is C9H4F3NO3. The van der Waals surface area contributed by atoms with Gasteiger partial charge < -0.3 is 4.74 Å². The third-order valence-corrected chi connectivity index (χ3v) is 1.94. The summed E-state index contributed by atoms with van der Waals surface area (Å²) in [6.07, 6.45) is -4.83. The van der Waals surface area contributed by atoms with Crippen molar-refractivity contribution in [3.05, 3.63) is 29.3 Å². The van der Waals surface area contributed by atoms with Gasteiger partial charge in [-0.3, -0.25) is 14.9 Å². The fourth-order valence-electron chi connectivity index (χ4n) is 1.34. The Hall–Kier alpha value is -2.05. The molecule has 0 aliphatic carbocycles. The largest absolute Gasteiger partial charge is 0.573 e. The fourth-order valence-corrected chi connectivity index (χ4v) is 1.34. The molecule has 1 N–H and O–H groups in total. The van der Waals surface area contributed by atoms with Crippen LogP contribution >= 0.6 is 0 Å². The topological polar surface area (TPSA) is 55.4 Å². The highest BCUT2D eigenvalue weighted by atomic mass is 19.4. The molecule has 0 fully saturated rings. The molecule has 0 saturated heterocycles. The van der Waals surface area contributed by atoms with Gasteiger partial charge in [0, 0.05) is 0 Å². The predicted octanol–water partition coefficient (Wildman–Crippen LogP) is 1.47. The van der Waals surface area contributed by atoms with Gasteiger partial charge in [-0.25, -0.2) is 0 Å². The van der Waals surface area contributed by atoms with E-state index in [-0.39, 0.29) is 11.1 Å². The summed E-state index contributed by atoms with van der Waals surface area (Å²) >= 11 is 0. The molecule has 16 heavy (non-hydrogen) atoms. The maximum atomic E-state index is 11.9. The van der Waals surface area contributed by atoms with Crippen LogP contribution in [0, 0.1) is 0 Å². The highest BCUT2D eigenvalue weighted by Crippen LogP contribution is 2.26. The Morgan fingerprint density at radius 1 is 1.06 bits per heavy atom. The summed E-state index contributed by atoms with van der Waals surface area (Å²) < 4.78 is 39.3. The van der Waals surface area contributed by atoms with Crippen molar-refractivity contribution < 1.29 is 27.5 Å². The molecular weight excluding hydrogens is 227 g/mol. The van der Waals surface area contributed by atoms with E-state index < -0.39 is 23.9 Å². The minimum absolute atomic E-state index is 0.0412. The van der Waals surface area contributed by atoms with Crippen molar-refractivity contribution in [2.45, 2.75) is 6.36 Å². The SMILES string of the molecule is O=C1NC(=O)c2cc(OC(F)(F)F)ccc21. The second-order valence-electron chi connectivity index (χ2n) is 3.04. The van der Waals surface area contributed by atoms with Gasteiger partial charge in [0.1, 0.15) is 5.75 Å². The number of nitrogens with one attached hydrogen (secondary N) is 1. The van der Waals surface area contributed by atoms with Crippen LogP contribution in [-0.2, 0) is 0 Å². The first kappa shape index (κ1) is 10.5. The number of amides is 2. The Bertz CT molecular complexity index is 481. The lowest BCUT2D eigenvalue weighted by Crippen LogP contribution is -2.20. The minimum atomic E-state index is -4.83. The molecule has 0 saturated carbocycles. The van der Waals surface area contributed by atoms with E-state index in [9.17, 15) is 22.8 Å². The second-order valence-corrected chi connectivity index (χ2v) is 3.04. The lowest BCUT2D eigenvalue weighted by Gasteiger charge is -2.08. The van der Waals surface area contributed by atoms with Crippen LogP contribution < -0.4 is 10.1 Å². The van der Waals surface area contributed by atoms with Crippen molar-refractivity contribution in [2.75, 3.05) is 0 Å². The van der Waals surface area contributed by atoms with Gasteiger partial charge in [-0.2, -0.15) is 0 Å². The molecule has 2 amide bonds. The first-order valence-electron chi connectivity index (χ1n) is 4.12. The van der Waals surface area contributed by atoms with Crippen molar-refractivity contribution in [3.63, 3.8) is 0 Å². The fraction of sp³-hybridized carbons (Fsp3) is 0.111. The van der Waals surface area contributed by atoms with Crippen molar-refractivity contribution >= 4 is 11.8 Å². The summed E-state index contributed by atoms with van der Waals surface area (Å²) in [6, 6.07) is 2.96. The van der Waals surface area contributed by atoms with Gasteiger partial charge in [-0.05, 0) is 18.2 Å². The van der Waals surface area contributed by atoms with Crippen LogP contribution in [0.2, 0.25) is 0 Å². The van der Waals surface area contributed by atoms with E-state index in [0.717, 1.165) is 18.2 Å². The minimum Gasteiger partial charge on any atom is -0.406 e. The van der Waals surface area contributed by atoms with Crippen LogP contribution in [0.4, 0.5) is 13.2 Å². The Morgan fingerprint density at radius 2 is 1.69 bits per heavy atom. The third kappa shape index (κ3) is 1.83. The molecule has 0 radical (unpaired) electrons. The molecule has 2 rings (SSSR count). The van der Waals surface area contributed by atoms with Crippen LogP contribution in [0.3, 0.4) is 0 Å². The molecule has 0 unspecified atom stereocenters. The molecule has 7 heteroatoms. The lowest BCUT2D eigenvalue weighted by molar-refractivity contribution is -0.274. The molecule has 0 atom stereocenters. The van der Waals surface area contributed by atoms with E-state index in [1.165, 1.54) is 0 Å². The second kappa shape index (κ2) is 3.22. The van der Waals surface area contributed by atoms with Crippen molar-refractivity contribution in [3.8, 4) is 5.75 Å². The predicted molar refractivity (Wildman–Crippen MR) is 44.9 cm³/mol. The van der Waals surface area contributed by atoms with Gasteiger partial charge in [0.05, 0.1) is 11.1 Å². The summed E-state index contributed by atoms with van der Waals surface area (Å²) in [5, 5.41) is 1.96. The van der Waals surface area contributed by atoms with Gasteiger partial charge in [0.25, 0.3) is 11.8 Å². The monoisotopic (exact) mass is 231 g/mol. The van der Waals surface area contributed by atoms with E-state index in [0.29, 0.717) is 0 Å². The number of benzene rings is 1. The smallest absolute Gasteiger partial charge is 0.406 e. The molecule has 4 nitrogen and oxygen atoms in total. The molecule has 1 aromatic rings. The zero-order valence-corrected chi connectivity index (χ0v) is 7.59. The average molecular weight is 231 g/mol. The molecule has 1 heterocycles. The van der Waals surface area contributed by atoms with Crippen LogP contribution in [-0.4, -0.2) is 18.2 Å². The summed E-state index contributed by atoms with van der Waals surface area (Å²) in [5.74, 6) is -1.89. The maximum absolute atomic E-state index is 11.9. The van der Waals surface area contributed by atoms with Crippen LogP contribution in [0.15, 0.2) is 18.2 Å². The van der Waals surface area contributed by atoms with E-state index in [4.69, 9.17) is 0 Å². The summed E-state index contributed by atoms with van der Waals surface area (Å²) in [4.78, 5) is 22.2. The van der Waals surface area contributed by atoms with Gasteiger partial charge in [0.15, 0.2) is 0 Å². The first-order valence-corrected chi connectivity index (χ1v) is 4.12. The van der Waals surface area contributed by atoms with E-state index >= 15 is 0 Å².